The highest BCUT2D eigenvalue weighted by Gasteiger charge is 2.17. The standard InChI is InChI=1S/C16H17ClN4O/c1-11-14(10-18-16(19-11)21-8-2-3-9-21)15(22)20-13-6-4-12(17)5-7-13/h4-7,10H,2-3,8-9H2,1H3,(H,20,22). The highest BCUT2D eigenvalue weighted by Crippen LogP contribution is 2.18. The Bertz CT molecular complexity index is 681. The smallest absolute Gasteiger partial charge is 0.259 e. The maximum absolute atomic E-state index is 12.3. The van der Waals surface area contributed by atoms with E-state index in [0.717, 1.165) is 13.1 Å². The molecule has 1 aromatic heterocycles. The zero-order valence-electron chi connectivity index (χ0n) is 12.3. The van der Waals surface area contributed by atoms with Crippen molar-refractivity contribution in [2.24, 2.45) is 0 Å². The molecule has 1 fully saturated rings. The molecule has 2 aromatic rings. The highest BCUT2D eigenvalue weighted by atomic mass is 35.5. The maximum Gasteiger partial charge on any atom is 0.259 e. The molecule has 6 heteroatoms. The van der Waals surface area contributed by atoms with Gasteiger partial charge in [0.05, 0.1) is 11.3 Å². The number of amides is 1. The SMILES string of the molecule is Cc1nc(N2CCCC2)ncc1C(=O)Nc1ccc(Cl)cc1. The topological polar surface area (TPSA) is 58.1 Å². The summed E-state index contributed by atoms with van der Waals surface area (Å²) in [5.74, 6) is 0.492. The van der Waals surface area contributed by atoms with Gasteiger partial charge in [-0.25, -0.2) is 9.97 Å². The van der Waals surface area contributed by atoms with E-state index in [2.05, 4.69) is 20.2 Å². The number of nitrogens with one attached hydrogen (secondary N) is 1. The van der Waals surface area contributed by atoms with Crippen LogP contribution >= 0.6 is 11.6 Å². The van der Waals surface area contributed by atoms with Crippen molar-refractivity contribution in [3.63, 3.8) is 0 Å². The molecule has 5 nitrogen and oxygen atoms in total. The molecule has 1 aliphatic rings. The Morgan fingerprint density at radius 1 is 1.23 bits per heavy atom. The average molecular weight is 317 g/mol. The summed E-state index contributed by atoms with van der Waals surface area (Å²) in [6, 6.07) is 6.98. The van der Waals surface area contributed by atoms with Crippen LogP contribution in [0.1, 0.15) is 28.9 Å². The van der Waals surface area contributed by atoms with E-state index in [1.54, 1.807) is 30.5 Å². The number of hydrogen-bond acceptors (Lipinski definition) is 4. The molecule has 0 saturated carbocycles. The lowest BCUT2D eigenvalue weighted by molar-refractivity contribution is 0.102. The number of rotatable bonds is 3. The first-order valence-electron chi connectivity index (χ1n) is 7.29. The van der Waals surface area contributed by atoms with Gasteiger partial charge in [-0.05, 0) is 44.0 Å². The van der Waals surface area contributed by atoms with Gasteiger partial charge in [0.25, 0.3) is 5.91 Å². The summed E-state index contributed by atoms with van der Waals surface area (Å²) in [5, 5.41) is 3.46. The van der Waals surface area contributed by atoms with Crippen LogP contribution in [0.5, 0.6) is 0 Å². The second kappa shape index (κ2) is 6.32. The van der Waals surface area contributed by atoms with Gasteiger partial charge in [-0.15, -0.1) is 0 Å². The lowest BCUT2D eigenvalue weighted by Crippen LogP contribution is -2.22. The van der Waals surface area contributed by atoms with Crippen LogP contribution in [0.15, 0.2) is 30.5 Å². The average Bonchev–Trinajstić information content (AvgIpc) is 3.03. The first-order chi connectivity index (χ1) is 10.6. The maximum atomic E-state index is 12.3. The van der Waals surface area contributed by atoms with Gasteiger partial charge in [0.2, 0.25) is 5.95 Å². The summed E-state index contributed by atoms with van der Waals surface area (Å²) in [6.45, 7) is 3.80. The molecule has 0 unspecified atom stereocenters. The number of halogens is 1. The van der Waals surface area contributed by atoms with Crippen molar-refractivity contribution in [1.82, 2.24) is 9.97 Å². The summed E-state index contributed by atoms with van der Waals surface area (Å²) in [6.07, 6.45) is 3.93. The van der Waals surface area contributed by atoms with E-state index < -0.39 is 0 Å². The second-order valence-corrected chi connectivity index (χ2v) is 5.76. The molecular weight excluding hydrogens is 300 g/mol. The van der Waals surface area contributed by atoms with E-state index in [4.69, 9.17) is 11.6 Å². The number of benzene rings is 1. The Balaban J connectivity index is 1.76. The molecule has 1 aliphatic heterocycles. The molecule has 0 radical (unpaired) electrons. The summed E-state index contributed by atoms with van der Waals surface area (Å²) < 4.78 is 0. The Labute approximate surface area is 134 Å². The van der Waals surface area contributed by atoms with Gasteiger partial charge in [-0.1, -0.05) is 11.6 Å². The summed E-state index contributed by atoms with van der Waals surface area (Å²) in [4.78, 5) is 23.3. The van der Waals surface area contributed by atoms with E-state index in [1.165, 1.54) is 12.8 Å². The molecule has 0 bridgehead atoms. The van der Waals surface area contributed by atoms with Crippen molar-refractivity contribution in [3.8, 4) is 0 Å². The van der Waals surface area contributed by atoms with Crippen LogP contribution in [0, 0.1) is 6.92 Å². The predicted octanol–water partition coefficient (Wildman–Crippen LogP) is 3.29. The van der Waals surface area contributed by atoms with Crippen molar-refractivity contribution in [2.45, 2.75) is 19.8 Å². The molecule has 1 amide bonds. The number of hydrogen-bond donors (Lipinski definition) is 1. The largest absolute Gasteiger partial charge is 0.341 e. The monoisotopic (exact) mass is 316 g/mol. The molecule has 1 saturated heterocycles. The van der Waals surface area contributed by atoms with Gasteiger partial charge >= 0.3 is 0 Å². The van der Waals surface area contributed by atoms with E-state index in [-0.39, 0.29) is 5.91 Å². The van der Waals surface area contributed by atoms with Crippen molar-refractivity contribution >= 4 is 29.1 Å². The normalized spacial score (nSPS) is 14.2. The van der Waals surface area contributed by atoms with Crippen molar-refractivity contribution in [1.29, 1.82) is 0 Å². The third-order valence-electron chi connectivity index (χ3n) is 3.70. The number of carbonyl (C=O) groups is 1. The first-order valence-corrected chi connectivity index (χ1v) is 7.67. The molecule has 3 rings (SSSR count). The van der Waals surface area contributed by atoms with Gasteiger partial charge in [0.15, 0.2) is 0 Å². The van der Waals surface area contributed by atoms with E-state index in [0.29, 0.717) is 27.9 Å². The second-order valence-electron chi connectivity index (χ2n) is 5.32. The van der Waals surface area contributed by atoms with Gasteiger partial charge in [0.1, 0.15) is 0 Å². The molecule has 0 spiro atoms. The van der Waals surface area contributed by atoms with Gasteiger partial charge in [0, 0.05) is 30.0 Å². The molecule has 1 N–H and O–H groups in total. The third-order valence-corrected chi connectivity index (χ3v) is 3.95. The Hall–Kier alpha value is -2.14. The zero-order chi connectivity index (χ0) is 15.5. The van der Waals surface area contributed by atoms with E-state index in [1.807, 2.05) is 6.92 Å². The van der Waals surface area contributed by atoms with Gasteiger partial charge < -0.3 is 10.2 Å². The van der Waals surface area contributed by atoms with E-state index in [9.17, 15) is 4.79 Å². The minimum atomic E-state index is -0.215. The third kappa shape index (κ3) is 3.20. The minimum absolute atomic E-state index is 0.215. The van der Waals surface area contributed by atoms with Crippen LogP contribution in [-0.4, -0.2) is 29.0 Å². The fourth-order valence-corrected chi connectivity index (χ4v) is 2.60. The molecule has 2 heterocycles. The predicted molar refractivity (Wildman–Crippen MR) is 87.6 cm³/mol. The summed E-state index contributed by atoms with van der Waals surface area (Å²) in [7, 11) is 0. The quantitative estimate of drug-likeness (QED) is 0.944. The fourth-order valence-electron chi connectivity index (χ4n) is 2.48. The molecule has 114 valence electrons. The first kappa shape index (κ1) is 14.8. The van der Waals surface area contributed by atoms with Crippen molar-refractivity contribution in [3.05, 3.63) is 46.7 Å². The molecule has 0 aliphatic carbocycles. The highest BCUT2D eigenvalue weighted by molar-refractivity contribution is 6.30. The zero-order valence-corrected chi connectivity index (χ0v) is 13.1. The van der Waals surface area contributed by atoms with Gasteiger partial charge in [-0.2, -0.15) is 0 Å². The molecular formula is C16H17ClN4O. The van der Waals surface area contributed by atoms with Gasteiger partial charge in [-0.3, -0.25) is 4.79 Å². The van der Waals surface area contributed by atoms with E-state index >= 15 is 0 Å². The summed E-state index contributed by atoms with van der Waals surface area (Å²) in [5.41, 5.74) is 1.86. The van der Waals surface area contributed by atoms with Crippen LogP contribution in [0.3, 0.4) is 0 Å². The Kier molecular flexibility index (Phi) is 4.24. The molecule has 1 aromatic carbocycles. The lowest BCUT2D eigenvalue weighted by Gasteiger charge is -2.16. The fraction of sp³-hybridized carbons (Fsp3) is 0.312. The number of aryl methyl sites for hydroxylation is 1. The number of nitrogens with zero attached hydrogens (tertiary/aromatic N) is 3. The Morgan fingerprint density at radius 3 is 2.55 bits per heavy atom. The van der Waals surface area contributed by atoms with Crippen LogP contribution in [0.2, 0.25) is 5.02 Å². The molecule has 22 heavy (non-hydrogen) atoms. The van der Waals surface area contributed by atoms with Crippen LogP contribution in [-0.2, 0) is 0 Å². The lowest BCUT2D eigenvalue weighted by atomic mass is 10.2. The Morgan fingerprint density at radius 2 is 1.91 bits per heavy atom. The van der Waals surface area contributed by atoms with Crippen LogP contribution in [0.25, 0.3) is 0 Å². The number of aromatic nitrogens is 2. The van der Waals surface area contributed by atoms with Crippen molar-refractivity contribution < 1.29 is 4.79 Å². The van der Waals surface area contributed by atoms with Crippen LogP contribution < -0.4 is 10.2 Å². The van der Waals surface area contributed by atoms with Crippen LogP contribution in [0.4, 0.5) is 11.6 Å². The minimum Gasteiger partial charge on any atom is -0.341 e. The van der Waals surface area contributed by atoms with Crippen molar-refractivity contribution in [2.75, 3.05) is 23.3 Å². The number of anilines is 2. The summed E-state index contributed by atoms with van der Waals surface area (Å²) >= 11 is 5.83. The molecule has 0 atom stereocenters. The number of carbonyl (C=O) groups excluding carboxylic acids is 1.